The smallest absolute Gasteiger partial charge is 0.251 e. The lowest BCUT2D eigenvalue weighted by atomic mass is 10.1. The molecule has 0 saturated carbocycles. The molecule has 1 aromatic heterocycles. The number of carbonyl (C=O) groups is 1. The summed E-state index contributed by atoms with van der Waals surface area (Å²) in [4.78, 5) is 13.5. The molecule has 1 amide bonds. The molecule has 5 nitrogen and oxygen atoms in total. The first-order valence-electron chi connectivity index (χ1n) is 8.64. The second-order valence-electron chi connectivity index (χ2n) is 6.30. The van der Waals surface area contributed by atoms with Gasteiger partial charge in [0.2, 0.25) is 10.0 Å². The zero-order chi connectivity index (χ0) is 21.0. The molecule has 9 heteroatoms. The Morgan fingerprint density at radius 1 is 1.17 bits per heavy atom. The summed E-state index contributed by atoms with van der Waals surface area (Å²) in [5, 5.41) is 4.59. The van der Waals surface area contributed by atoms with Crippen LogP contribution in [0.15, 0.2) is 64.9 Å². The molecule has 1 atom stereocenters. The summed E-state index contributed by atoms with van der Waals surface area (Å²) >= 11 is 7.24. The van der Waals surface area contributed by atoms with Crippen LogP contribution >= 0.6 is 22.9 Å². The van der Waals surface area contributed by atoms with Gasteiger partial charge in [-0.15, -0.1) is 11.3 Å². The SMILES string of the molecule is CC(NC(=O)c1cccc(S(=O)(=O)NCc2cccs2)c1)c1ccc(F)c(Cl)c1. The molecule has 0 aliphatic heterocycles. The van der Waals surface area contributed by atoms with E-state index < -0.39 is 27.8 Å². The molecule has 0 radical (unpaired) electrons. The van der Waals surface area contributed by atoms with Crippen molar-refractivity contribution in [2.24, 2.45) is 0 Å². The highest BCUT2D eigenvalue weighted by atomic mass is 35.5. The monoisotopic (exact) mass is 452 g/mol. The second-order valence-corrected chi connectivity index (χ2v) is 9.51. The van der Waals surface area contributed by atoms with E-state index in [-0.39, 0.29) is 22.0 Å². The molecule has 2 N–H and O–H groups in total. The van der Waals surface area contributed by atoms with E-state index in [1.807, 2.05) is 17.5 Å². The summed E-state index contributed by atoms with van der Waals surface area (Å²) in [6.07, 6.45) is 0. The van der Waals surface area contributed by atoms with E-state index in [0.717, 1.165) is 4.88 Å². The van der Waals surface area contributed by atoms with Gasteiger partial charge >= 0.3 is 0 Å². The third kappa shape index (κ3) is 5.42. The first kappa shape index (κ1) is 21.4. The Morgan fingerprint density at radius 3 is 2.66 bits per heavy atom. The molecule has 29 heavy (non-hydrogen) atoms. The van der Waals surface area contributed by atoms with Crippen LogP contribution in [0.4, 0.5) is 4.39 Å². The molecule has 2 aromatic carbocycles. The van der Waals surface area contributed by atoms with Crippen LogP contribution in [0.1, 0.15) is 33.8 Å². The summed E-state index contributed by atoms with van der Waals surface area (Å²) < 4.78 is 40.9. The summed E-state index contributed by atoms with van der Waals surface area (Å²) in [7, 11) is -3.77. The molecule has 3 aromatic rings. The first-order chi connectivity index (χ1) is 13.8. The molecule has 0 aliphatic carbocycles. The van der Waals surface area contributed by atoms with E-state index in [1.165, 1.54) is 53.8 Å². The van der Waals surface area contributed by atoms with Crippen LogP contribution < -0.4 is 10.0 Å². The zero-order valence-corrected chi connectivity index (χ0v) is 17.7. The lowest BCUT2D eigenvalue weighted by Gasteiger charge is -2.15. The fourth-order valence-electron chi connectivity index (χ4n) is 2.61. The Labute approximate surface area is 177 Å². The maximum Gasteiger partial charge on any atom is 0.251 e. The van der Waals surface area contributed by atoms with Crippen molar-refractivity contribution in [2.75, 3.05) is 0 Å². The predicted molar refractivity (Wildman–Crippen MR) is 112 cm³/mol. The molecule has 1 heterocycles. The number of hydrogen-bond acceptors (Lipinski definition) is 4. The maximum atomic E-state index is 13.3. The van der Waals surface area contributed by atoms with Crippen LogP contribution in [-0.2, 0) is 16.6 Å². The van der Waals surface area contributed by atoms with Crippen molar-refractivity contribution in [3.05, 3.63) is 86.8 Å². The highest BCUT2D eigenvalue weighted by molar-refractivity contribution is 7.89. The summed E-state index contributed by atoms with van der Waals surface area (Å²) in [6.45, 7) is 1.91. The van der Waals surface area contributed by atoms with E-state index in [9.17, 15) is 17.6 Å². The third-order valence-electron chi connectivity index (χ3n) is 4.21. The molecule has 1 unspecified atom stereocenters. The Balaban J connectivity index is 1.72. The van der Waals surface area contributed by atoms with Gasteiger partial charge in [0.1, 0.15) is 5.82 Å². The highest BCUT2D eigenvalue weighted by Crippen LogP contribution is 2.21. The number of halogens is 2. The molecule has 0 fully saturated rings. The van der Waals surface area contributed by atoms with E-state index in [4.69, 9.17) is 11.6 Å². The fourth-order valence-corrected chi connectivity index (χ4v) is 4.59. The zero-order valence-electron chi connectivity index (χ0n) is 15.4. The molecule has 0 saturated heterocycles. The Morgan fingerprint density at radius 2 is 1.97 bits per heavy atom. The lowest BCUT2D eigenvalue weighted by molar-refractivity contribution is 0.0939. The van der Waals surface area contributed by atoms with Gasteiger partial charge < -0.3 is 5.32 Å². The van der Waals surface area contributed by atoms with E-state index >= 15 is 0 Å². The normalized spacial score (nSPS) is 12.5. The minimum Gasteiger partial charge on any atom is -0.346 e. The number of benzene rings is 2. The van der Waals surface area contributed by atoms with Crippen LogP contribution in [0.3, 0.4) is 0 Å². The van der Waals surface area contributed by atoms with Crippen molar-refractivity contribution in [3.8, 4) is 0 Å². The van der Waals surface area contributed by atoms with Crippen molar-refractivity contribution < 1.29 is 17.6 Å². The van der Waals surface area contributed by atoms with Gasteiger partial charge in [-0.05, 0) is 54.3 Å². The minimum absolute atomic E-state index is 0.000754. The van der Waals surface area contributed by atoms with Crippen molar-refractivity contribution in [1.82, 2.24) is 10.0 Å². The second kappa shape index (κ2) is 9.04. The number of rotatable bonds is 7. The van der Waals surface area contributed by atoms with Crippen LogP contribution in [0, 0.1) is 5.82 Å². The van der Waals surface area contributed by atoms with Gasteiger partial charge in [-0.2, -0.15) is 0 Å². The predicted octanol–water partition coefficient (Wildman–Crippen LogP) is 4.51. The number of carbonyl (C=O) groups excluding carboxylic acids is 1. The van der Waals surface area contributed by atoms with Gasteiger partial charge in [0.05, 0.1) is 16.0 Å². The van der Waals surface area contributed by atoms with Gasteiger partial charge in [0.15, 0.2) is 0 Å². The summed E-state index contributed by atoms with van der Waals surface area (Å²) in [5.74, 6) is -0.991. The van der Waals surface area contributed by atoms with Crippen LogP contribution in [0.25, 0.3) is 0 Å². The van der Waals surface area contributed by atoms with Crippen LogP contribution in [0.2, 0.25) is 5.02 Å². The van der Waals surface area contributed by atoms with E-state index in [0.29, 0.717) is 5.56 Å². The van der Waals surface area contributed by atoms with Crippen LogP contribution in [0.5, 0.6) is 0 Å². The van der Waals surface area contributed by atoms with E-state index in [1.54, 1.807) is 6.92 Å². The van der Waals surface area contributed by atoms with Gasteiger partial charge in [0, 0.05) is 17.0 Å². The van der Waals surface area contributed by atoms with Gasteiger partial charge in [0.25, 0.3) is 5.91 Å². The largest absolute Gasteiger partial charge is 0.346 e. The average Bonchev–Trinajstić information content (AvgIpc) is 3.22. The van der Waals surface area contributed by atoms with Crippen molar-refractivity contribution >= 4 is 38.9 Å². The van der Waals surface area contributed by atoms with E-state index in [2.05, 4.69) is 10.0 Å². The summed E-state index contributed by atoms with van der Waals surface area (Å²) in [5.41, 5.74) is 0.829. The Bertz CT molecular complexity index is 1120. The Kier molecular flexibility index (Phi) is 6.69. The topological polar surface area (TPSA) is 75.3 Å². The molecular formula is C20H18ClFN2O3S2. The van der Waals surface area contributed by atoms with Crippen molar-refractivity contribution in [3.63, 3.8) is 0 Å². The molecule has 0 aliphatic rings. The molecular weight excluding hydrogens is 435 g/mol. The van der Waals surface area contributed by atoms with Gasteiger partial charge in [-0.3, -0.25) is 4.79 Å². The third-order valence-corrected chi connectivity index (χ3v) is 6.78. The van der Waals surface area contributed by atoms with Crippen LogP contribution in [-0.4, -0.2) is 14.3 Å². The number of sulfonamides is 1. The fraction of sp³-hybridized carbons (Fsp3) is 0.150. The van der Waals surface area contributed by atoms with Crippen molar-refractivity contribution in [1.29, 1.82) is 0 Å². The van der Waals surface area contributed by atoms with Gasteiger partial charge in [-0.25, -0.2) is 17.5 Å². The molecule has 152 valence electrons. The molecule has 3 rings (SSSR count). The number of nitrogens with one attached hydrogen (secondary N) is 2. The minimum atomic E-state index is -3.77. The molecule has 0 spiro atoms. The first-order valence-corrected chi connectivity index (χ1v) is 11.4. The average molecular weight is 453 g/mol. The lowest BCUT2D eigenvalue weighted by Crippen LogP contribution is -2.27. The molecule has 0 bridgehead atoms. The number of amides is 1. The quantitative estimate of drug-likeness (QED) is 0.553. The maximum absolute atomic E-state index is 13.3. The highest BCUT2D eigenvalue weighted by Gasteiger charge is 2.18. The summed E-state index contributed by atoms with van der Waals surface area (Å²) in [6, 6.07) is 13.2. The van der Waals surface area contributed by atoms with Gasteiger partial charge in [-0.1, -0.05) is 29.8 Å². The van der Waals surface area contributed by atoms with Crippen molar-refractivity contribution in [2.45, 2.75) is 24.4 Å². The Hall–Kier alpha value is -2.26. The standard InChI is InChI=1S/C20H18ClFN2O3S2/c1-13(14-7-8-19(22)18(21)11-14)24-20(25)15-4-2-6-17(10-15)29(26,27)23-12-16-5-3-9-28-16/h2-11,13,23H,12H2,1H3,(H,24,25). The number of thiophene rings is 1. The number of hydrogen-bond donors (Lipinski definition) is 2.